The van der Waals surface area contributed by atoms with Crippen LogP contribution >= 0.6 is 0 Å². The number of hydrogen-bond donors (Lipinski definition) is 1. The minimum Gasteiger partial charge on any atom is -0.397 e. The lowest BCUT2D eigenvalue weighted by Gasteiger charge is -2.35. The maximum atomic E-state index is 5.82. The fraction of sp³-hybridized carbons (Fsp3) is 0.667. The van der Waals surface area contributed by atoms with E-state index in [9.17, 15) is 0 Å². The second-order valence-electron chi connectivity index (χ2n) is 5.54. The fourth-order valence-corrected chi connectivity index (χ4v) is 2.88. The monoisotopic (exact) mass is 247 g/mol. The molecular weight excluding hydrogens is 222 g/mol. The van der Waals surface area contributed by atoms with E-state index in [0.29, 0.717) is 6.04 Å². The highest BCUT2D eigenvalue weighted by molar-refractivity contribution is 5.50. The number of anilines is 2. The van der Waals surface area contributed by atoms with Crippen LogP contribution in [0.5, 0.6) is 0 Å². The summed E-state index contributed by atoms with van der Waals surface area (Å²) in [4.78, 5) is 6.92. The molecule has 1 aliphatic rings. The van der Waals surface area contributed by atoms with Gasteiger partial charge in [-0.15, -0.1) is 0 Å². The van der Waals surface area contributed by atoms with Crippen LogP contribution in [0.3, 0.4) is 0 Å². The number of nitrogen functional groups attached to an aromatic ring is 1. The molecule has 3 heteroatoms. The zero-order valence-corrected chi connectivity index (χ0v) is 11.8. The predicted molar refractivity (Wildman–Crippen MR) is 77.8 cm³/mol. The third kappa shape index (κ3) is 2.77. The molecule has 1 aliphatic carbocycles. The van der Waals surface area contributed by atoms with Crippen molar-refractivity contribution >= 4 is 11.5 Å². The third-order valence-corrected chi connectivity index (χ3v) is 4.41. The molecule has 0 atom stereocenters. The molecule has 1 heterocycles. The molecule has 0 spiro atoms. The van der Waals surface area contributed by atoms with Crippen molar-refractivity contribution in [2.24, 2.45) is 5.92 Å². The van der Waals surface area contributed by atoms with Gasteiger partial charge < -0.3 is 10.6 Å². The van der Waals surface area contributed by atoms with Gasteiger partial charge in [0.25, 0.3) is 0 Å². The average Bonchev–Trinajstić information content (AvgIpc) is 2.41. The molecule has 1 aromatic heterocycles. The zero-order valence-electron chi connectivity index (χ0n) is 11.8. The molecule has 1 aromatic rings. The Morgan fingerprint density at radius 2 is 1.94 bits per heavy atom. The normalized spacial score (nSPS) is 23.9. The largest absolute Gasteiger partial charge is 0.397 e. The standard InChI is InChI=1S/C15H25N3/c1-4-12-5-7-13(8-6-12)18(3)15-10-9-14(16)11(2)17-15/h9-10,12-13H,4-8,16H2,1-3H3. The number of hydrogen-bond acceptors (Lipinski definition) is 3. The maximum absolute atomic E-state index is 5.82. The highest BCUT2D eigenvalue weighted by Crippen LogP contribution is 2.30. The Morgan fingerprint density at radius 1 is 1.28 bits per heavy atom. The van der Waals surface area contributed by atoms with Gasteiger partial charge in [0.05, 0.1) is 11.4 Å². The third-order valence-electron chi connectivity index (χ3n) is 4.41. The quantitative estimate of drug-likeness (QED) is 0.890. The van der Waals surface area contributed by atoms with Crippen LogP contribution < -0.4 is 10.6 Å². The van der Waals surface area contributed by atoms with E-state index in [4.69, 9.17) is 5.73 Å². The van der Waals surface area contributed by atoms with Crippen molar-refractivity contribution < 1.29 is 0 Å². The highest BCUT2D eigenvalue weighted by atomic mass is 15.2. The summed E-state index contributed by atoms with van der Waals surface area (Å²) in [5, 5.41) is 0. The summed E-state index contributed by atoms with van der Waals surface area (Å²) in [5.41, 5.74) is 7.53. The van der Waals surface area contributed by atoms with Crippen LogP contribution in [0.25, 0.3) is 0 Å². The van der Waals surface area contributed by atoms with Gasteiger partial charge in [-0.25, -0.2) is 4.98 Å². The summed E-state index contributed by atoms with van der Waals surface area (Å²) < 4.78 is 0. The number of aryl methyl sites for hydroxylation is 1. The topological polar surface area (TPSA) is 42.1 Å². The van der Waals surface area contributed by atoms with E-state index in [-0.39, 0.29) is 0 Å². The Kier molecular flexibility index (Phi) is 4.10. The fourth-order valence-electron chi connectivity index (χ4n) is 2.88. The van der Waals surface area contributed by atoms with Crippen molar-refractivity contribution in [3.63, 3.8) is 0 Å². The van der Waals surface area contributed by atoms with Crippen LogP contribution in [0, 0.1) is 12.8 Å². The van der Waals surface area contributed by atoms with E-state index in [2.05, 4.69) is 23.9 Å². The van der Waals surface area contributed by atoms with Crippen LogP contribution in [-0.2, 0) is 0 Å². The number of nitrogens with two attached hydrogens (primary N) is 1. The first-order valence-electron chi connectivity index (χ1n) is 7.07. The molecule has 2 N–H and O–H groups in total. The van der Waals surface area contributed by atoms with Gasteiger partial charge in [-0.1, -0.05) is 13.3 Å². The Bertz CT molecular complexity index is 395. The van der Waals surface area contributed by atoms with Crippen molar-refractivity contribution in [1.82, 2.24) is 4.98 Å². The minimum atomic E-state index is 0.642. The van der Waals surface area contributed by atoms with Gasteiger partial charge in [0.15, 0.2) is 0 Å². The van der Waals surface area contributed by atoms with E-state index < -0.39 is 0 Å². The Balaban J connectivity index is 2.03. The summed E-state index contributed by atoms with van der Waals surface area (Å²) in [7, 11) is 2.16. The van der Waals surface area contributed by atoms with Gasteiger partial charge in [-0.2, -0.15) is 0 Å². The molecule has 0 aliphatic heterocycles. The van der Waals surface area contributed by atoms with Crippen molar-refractivity contribution in [1.29, 1.82) is 0 Å². The van der Waals surface area contributed by atoms with Crippen LogP contribution in [-0.4, -0.2) is 18.1 Å². The molecular formula is C15H25N3. The Morgan fingerprint density at radius 3 is 2.50 bits per heavy atom. The summed E-state index contributed by atoms with van der Waals surface area (Å²) in [6.45, 7) is 4.28. The number of nitrogens with zero attached hydrogens (tertiary/aromatic N) is 2. The van der Waals surface area contributed by atoms with E-state index in [1.807, 2.05) is 19.1 Å². The van der Waals surface area contributed by atoms with Crippen LogP contribution in [0.15, 0.2) is 12.1 Å². The van der Waals surface area contributed by atoms with Crippen molar-refractivity contribution in [2.45, 2.75) is 52.0 Å². The van der Waals surface area contributed by atoms with E-state index in [0.717, 1.165) is 23.1 Å². The first kappa shape index (κ1) is 13.2. The lowest BCUT2D eigenvalue weighted by Crippen LogP contribution is -2.35. The van der Waals surface area contributed by atoms with Gasteiger partial charge >= 0.3 is 0 Å². The van der Waals surface area contributed by atoms with Crippen molar-refractivity contribution in [3.8, 4) is 0 Å². The van der Waals surface area contributed by atoms with E-state index >= 15 is 0 Å². The summed E-state index contributed by atoms with van der Waals surface area (Å²) >= 11 is 0. The van der Waals surface area contributed by atoms with Crippen LogP contribution in [0.2, 0.25) is 0 Å². The molecule has 0 saturated heterocycles. The second kappa shape index (κ2) is 5.59. The first-order valence-corrected chi connectivity index (χ1v) is 7.07. The zero-order chi connectivity index (χ0) is 13.1. The highest BCUT2D eigenvalue weighted by Gasteiger charge is 2.23. The van der Waals surface area contributed by atoms with Gasteiger partial charge in [-0.05, 0) is 50.7 Å². The first-order chi connectivity index (χ1) is 8.61. The van der Waals surface area contributed by atoms with Crippen LogP contribution in [0.1, 0.15) is 44.7 Å². The van der Waals surface area contributed by atoms with Crippen LogP contribution in [0.4, 0.5) is 11.5 Å². The van der Waals surface area contributed by atoms with E-state index in [1.165, 1.54) is 32.1 Å². The Labute approximate surface area is 110 Å². The van der Waals surface area contributed by atoms with Gasteiger partial charge in [-0.3, -0.25) is 0 Å². The molecule has 0 bridgehead atoms. The molecule has 0 radical (unpaired) electrons. The van der Waals surface area contributed by atoms with Gasteiger partial charge in [0, 0.05) is 13.1 Å². The summed E-state index contributed by atoms with van der Waals surface area (Å²) in [5.74, 6) is 2.00. The predicted octanol–water partition coefficient (Wildman–Crippen LogP) is 3.38. The van der Waals surface area contributed by atoms with Gasteiger partial charge in [0.1, 0.15) is 5.82 Å². The molecule has 2 rings (SSSR count). The number of rotatable bonds is 3. The lowest BCUT2D eigenvalue weighted by atomic mass is 9.84. The molecule has 1 saturated carbocycles. The molecule has 1 fully saturated rings. The Hall–Kier alpha value is -1.25. The van der Waals surface area contributed by atoms with Crippen molar-refractivity contribution in [2.75, 3.05) is 17.7 Å². The molecule has 0 unspecified atom stereocenters. The summed E-state index contributed by atoms with van der Waals surface area (Å²) in [6, 6.07) is 4.64. The molecule has 3 nitrogen and oxygen atoms in total. The molecule has 0 amide bonds. The molecule has 0 aromatic carbocycles. The van der Waals surface area contributed by atoms with Crippen molar-refractivity contribution in [3.05, 3.63) is 17.8 Å². The number of pyridine rings is 1. The molecule has 18 heavy (non-hydrogen) atoms. The maximum Gasteiger partial charge on any atom is 0.128 e. The minimum absolute atomic E-state index is 0.642. The smallest absolute Gasteiger partial charge is 0.128 e. The lowest BCUT2D eigenvalue weighted by molar-refractivity contribution is 0.313. The SMILES string of the molecule is CCC1CCC(N(C)c2ccc(N)c(C)n2)CC1. The average molecular weight is 247 g/mol. The summed E-state index contributed by atoms with van der Waals surface area (Å²) in [6.07, 6.45) is 6.63. The van der Waals surface area contributed by atoms with E-state index in [1.54, 1.807) is 0 Å². The molecule has 100 valence electrons. The second-order valence-corrected chi connectivity index (χ2v) is 5.54. The number of aromatic nitrogens is 1. The van der Waals surface area contributed by atoms with Gasteiger partial charge in [0.2, 0.25) is 0 Å².